The fourth-order valence-electron chi connectivity index (χ4n) is 1.97. The zero-order valence-electron chi connectivity index (χ0n) is 11.9. The molecule has 0 aliphatic rings. The van der Waals surface area contributed by atoms with Crippen LogP contribution in [0.3, 0.4) is 0 Å². The molecule has 1 N–H and O–H groups in total. The van der Waals surface area contributed by atoms with Crippen molar-refractivity contribution >= 4 is 0 Å². The smallest absolute Gasteiger partial charge is 0.143 e. The molecule has 4 nitrogen and oxygen atoms in total. The van der Waals surface area contributed by atoms with Crippen molar-refractivity contribution in [2.24, 2.45) is 0 Å². The summed E-state index contributed by atoms with van der Waals surface area (Å²) in [5, 5.41) is 10.4. The number of aliphatic hydroxyl groups excluding tert-OH is 1. The number of ether oxygens (including phenoxy) is 2. The number of hydrogen-bond acceptors (Lipinski definition) is 4. The molecule has 4 heteroatoms. The van der Waals surface area contributed by atoms with Crippen molar-refractivity contribution in [2.45, 2.75) is 26.1 Å². The Balaban J connectivity index is 2.22. The monoisotopic (exact) mass is 273 g/mol. The lowest BCUT2D eigenvalue weighted by atomic mass is 10.0. The van der Waals surface area contributed by atoms with Gasteiger partial charge in [0.25, 0.3) is 0 Å². The summed E-state index contributed by atoms with van der Waals surface area (Å²) in [4.78, 5) is 3.98. The number of aromatic nitrogens is 1. The first-order valence-corrected chi connectivity index (χ1v) is 6.54. The third-order valence-corrected chi connectivity index (χ3v) is 2.90. The van der Waals surface area contributed by atoms with Crippen molar-refractivity contribution in [1.29, 1.82) is 0 Å². The highest BCUT2D eigenvalue weighted by molar-refractivity contribution is 5.39. The second-order valence-corrected chi connectivity index (χ2v) is 4.76. The predicted octanol–water partition coefficient (Wildman–Crippen LogP) is 2.96. The first-order valence-electron chi connectivity index (χ1n) is 6.54. The molecule has 0 fully saturated rings. The molecule has 106 valence electrons. The molecular weight excluding hydrogens is 254 g/mol. The lowest BCUT2D eigenvalue weighted by Crippen LogP contribution is -2.06. The largest absolute Gasteiger partial charge is 0.495 e. The Morgan fingerprint density at radius 1 is 1.10 bits per heavy atom. The van der Waals surface area contributed by atoms with Crippen molar-refractivity contribution in [1.82, 2.24) is 4.98 Å². The van der Waals surface area contributed by atoms with Gasteiger partial charge >= 0.3 is 0 Å². The SMILES string of the molecule is COc1cnccc1C(O)c1ccc(OC(C)C)cc1. The summed E-state index contributed by atoms with van der Waals surface area (Å²) in [5.41, 5.74) is 1.48. The summed E-state index contributed by atoms with van der Waals surface area (Å²) in [5.74, 6) is 1.36. The highest BCUT2D eigenvalue weighted by Gasteiger charge is 2.15. The van der Waals surface area contributed by atoms with Crippen LogP contribution in [-0.4, -0.2) is 23.3 Å². The molecule has 1 unspecified atom stereocenters. The van der Waals surface area contributed by atoms with Gasteiger partial charge in [-0.15, -0.1) is 0 Å². The third kappa shape index (κ3) is 3.27. The van der Waals surface area contributed by atoms with Crippen LogP contribution < -0.4 is 9.47 Å². The van der Waals surface area contributed by atoms with Crippen LogP contribution in [0, 0.1) is 0 Å². The van der Waals surface area contributed by atoms with Gasteiger partial charge in [-0.2, -0.15) is 0 Å². The second-order valence-electron chi connectivity index (χ2n) is 4.76. The van der Waals surface area contributed by atoms with E-state index in [2.05, 4.69) is 4.98 Å². The molecule has 0 saturated heterocycles. The maximum absolute atomic E-state index is 10.4. The number of pyridine rings is 1. The predicted molar refractivity (Wildman–Crippen MR) is 77.1 cm³/mol. The molecule has 20 heavy (non-hydrogen) atoms. The number of rotatable bonds is 5. The minimum absolute atomic E-state index is 0.131. The summed E-state index contributed by atoms with van der Waals surface area (Å²) in [6, 6.07) is 9.16. The highest BCUT2D eigenvalue weighted by Crippen LogP contribution is 2.29. The van der Waals surface area contributed by atoms with Crippen LogP contribution in [0.1, 0.15) is 31.1 Å². The molecule has 0 saturated carbocycles. The standard InChI is InChI=1S/C16H19NO3/c1-11(2)20-13-6-4-12(5-7-13)16(18)14-8-9-17-10-15(14)19-3/h4-11,16,18H,1-3H3. The van der Waals surface area contributed by atoms with Crippen LogP contribution in [0.5, 0.6) is 11.5 Å². The van der Waals surface area contributed by atoms with Gasteiger partial charge in [-0.1, -0.05) is 12.1 Å². The van der Waals surface area contributed by atoms with E-state index in [0.29, 0.717) is 11.3 Å². The van der Waals surface area contributed by atoms with E-state index in [0.717, 1.165) is 11.3 Å². The van der Waals surface area contributed by atoms with Gasteiger partial charge in [0, 0.05) is 11.8 Å². The molecule has 2 rings (SSSR count). The average Bonchev–Trinajstić information content (AvgIpc) is 2.46. The summed E-state index contributed by atoms with van der Waals surface area (Å²) < 4.78 is 10.8. The Hall–Kier alpha value is -2.07. The Bertz CT molecular complexity index is 552. The quantitative estimate of drug-likeness (QED) is 0.910. The van der Waals surface area contributed by atoms with Gasteiger partial charge in [0.1, 0.15) is 17.6 Å². The zero-order chi connectivity index (χ0) is 14.5. The third-order valence-electron chi connectivity index (χ3n) is 2.90. The molecule has 1 aromatic heterocycles. The van der Waals surface area contributed by atoms with E-state index in [9.17, 15) is 5.11 Å². The zero-order valence-corrected chi connectivity index (χ0v) is 11.9. The van der Waals surface area contributed by atoms with Gasteiger partial charge in [-0.05, 0) is 37.6 Å². The van der Waals surface area contributed by atoms with Gasteiger partial charge in [-0.3, -0.25) is 4.98 Å². The van der Waals surface area contributed by atoms with E-state index >= 15 is 0 Å². The Morgan fingerprint density at radius 2 is 1.80 bits per heavy atom. The van der Waals surface area contributed by atoms with Gasteiger partial charge in [0.15, 0.2) is 0 Å². The molecule has 1 aromatic carbocycles. The van der Waals surface area contributed by atoms with Crippen molar-refractivity contribution in [3.8, 4) is 11.5 Å². The highest BCUT2D eigenvalue weighted by atomic mass is 16.5. The molecule has 1 heterocycles. The van der Waals surface area contributed by atoms with Crippen molar-refractivity contribution < 1.29 is 14.6 Å². The second kappa shape index (κ2) is 6.39. The topological polar surface area (TPSA) is 51.6 Å². The molecule has 0 spiro atoms. The van der Waals surface area contributed by atoms with Gasteiger partial charge in [-0.25, -0.2) is 0 Å². The van der Waals surface area contributed by atoms with E-state index < -0.39 is 6.10 Å². The van der Waals surface area contributed by atoms with Crippen molar-refractivity contribution in [3.63, 3.8) is 0 Å². The van der Waals surface area contributed by atoms with Crippen LogP contribution in [0.2, 0.25) is 0 Å². The van der Waals surface area contributed by atoms with Gasteiger partial charge < -0.3 is 14.6 Å². The Kier molecular flexibility index (Phi) is 4.58. The molecule has 2 aromatic rings. The van der Waals surface area contributed by atoms with Gasteiger partial charge in [0.2, 0.25) is 0 Å². The number of benzene rings is 1. The number of methoxy groups -OCH3 is 1. The van der Waals surface area contributed by atoms with Crippen LogP contribution in [0.4, 0.5) is 0 Å². The summed E-state index contributed by atoms with van der Waals surface area (Å²) in [6.45, 7) is 3.95. The normalized spacial score (nSPS) is 12.2. The molecule has 0 aliphatic carbocycles. The number of nitrogens with zero attached hydrogens (tertiary/aromatic N) is 1. The maximum Gasteiger partial charge on any atom is 0.143 e. The molecule has 0 bridgehead atoms. The van der Waals surface area contributed by atoms with E-state index in [4.69, 9.17) is 9.47 Å². The molecule has 0 amide bonds. The average molecular weight is 273 g/mol. The molecule has 1 atom stereocenters. The number of aliphatic hydroxyl groups is 1. The van der Waals surface area contributed by atoms with E-state index in [-0.39, 0.29) is 6.10 Å². The van der Waals surface area contributed by atoms with E-state index in [1.807, 2.05) is 38.1 Å². The fraction of sp³-hybridized carbons (Fsp3) is 0.312. The number of hydrogen-bond donors (Lipinski definition) is 1. The van der Waals surface area contributed by atoms with Crippen molar-refractivity contribution in [3.05, 3.63) is 53.9 Å². The van der Waals surface area contributed by atoms with E-state index in [1.54, 1.807) is 25.6 Å². The Labute approximate surface area is 119 Å². The van der Waals surface area contributed by atoms with Crippen molar-refractivity contribution in [2.75, 3.05) is 7.11 Å². The molecule has 0 aliphatic heterocycles. The van der Waals surface area contributed by atoms with Crippen LogP contribution in [0.15, 0.2) is 42.7 Å². The Morgan fingerprint density at radius 3 is 2.40 bits per heavy atom. The fourth-order valence-corrected chi connectivity index (χ4v) is 1.97. The summed E-state index contributed by atoms with van der Waals surface area (Å²) in [7, 11) is 1.56. The lowest BCUT2D eigenvalue weighted by Gasteiger charge is -2.15. The van der Waals surface area contributed by atoms with Gasteiger partial charge in [0.05, 0.1) is 19.4 Å². The molecular formula is C16H19NO3. The minimum atomic E-state index is -0.749. The van der Waals surface area contributed by atoms with E-state index in [1.165, 1.54) is 0 Å². The first kappa shape index (κ1) is 14.3. The minimum Gasteiger partial charge on any atom is -0.495 e. The maximum atomic E-state index is 10.4. The van der Waals surface area contributed by atoms with Crippen LogP contribution in [-0.2, 0) is 0 Å². The molecule has 0 radical (unpaired) electrons. The summed E-state index contributed by atoms with van der Waals surface area (Å²) >= 11 is 0. The van der Waals surface area contributed by atoms with Crippen LogP contribution in [0.25, 0.3) is 0 Å². The van der Waals surface area contributed by atoms with Crippen LogP contribution >= 0.6 is 0 Å². The summed E-state index contributed by atoms with van der Waals surface area (Å²) in [6.07, 6.45) is 2.61. The lowest BCUT2D eigenvalue weighted by molar-refractivity contribution is 0.214. The first-order chi connectivity index (χ1) is 9.61.